The molecular weight excluding hydrogens is 216 g/mol. The number of aliphatic hydroxyl groups excluding tert-OH is 1. The second kappa shape index (κ2) is 5.27. The molecule has 0 spiro atoms. The van der Waals surface area contributed by atoms with E-state index < -0.39 is 0 Å². The molecule has 1 N–H and O–H groups in total. The molecule has 1 amide bonds. The number of aryl methyl sites for hydroxylation is 1. The van der Waals surface area contributed by atoms with Gasteiger partial charge < -0.3 is 10.0 Å². The highest BCUT2D eigenvalue weighted by Crippen LogP contribution is 2.19. The Morgan fingerprint density at radius 2 is 2.24 bits per heavy atom. The van der Waals surface area contributed by atoms with Crippen molar-refractivity contribution in [2.45, 2.75) is 19.8 Å². The first-order valence-corrected chi connectivity index (χ1v) is 6.04. The lowest BCUT2D eigenvalue weighted by Gasteiger charge is -2.31. The van der Waals surface area contributed by atoms with Crippen molar-refractivity contribution < 1.29 is 9.90 Å². The van der Waals surface area contributed by atoms with E-state index in [1.807, 2.05) is 17.9 Å². The van der Waals surface area contributed by atoms with Crippen molar-refractivity contribution in [2.24, 2.45) is 5.92 Å². The lowest BCUT2D eigenvalue weighted by Crippen LogP contribution is -2.39. The largest absolute Gasteiger partial charge is 0.396 e. The van der Waals surface area contributed by atoms with Crippen LogP contribution in [0, 0.1) is 12.8 Å². The van der Waals surface area contributed by atoms with Crippen molar-refractivity contribution in [2.75, 3.05) is 19.7 Å². The highest BCUT2D eigenvalue weighted by Gasteiger charge is 2.23. The number of hydrogen-bond acceptors (Lipinski definition) is 3. The maximum absolute atomic E-state index is 12.2. The summed E-state index contributed by atoms with van der Waals surface area (Å²) < 4.78 is 0. The standard InChI is InChI=1S/C13H18N2O2/c1-10-12(3-2-6-14-10)13(17)15-7-4-11(9-16)5-8-15/h2-3,6,11,16H,4-5,7-9H2,1H3. The van der Waals surface area contributed by atoms with Gasteiger partial charge >= 0.3 is 0 Å². The minimum atomic E-state index is 0.0620. The molecule has 1 aliphatic heterocycles. The molecule has 1 aromatic rings. The Labute approximate surface area is 101 Å². The van der Waals surface area contributed by atoms with Crippen LogP contribution in [0.15, 0.2) is 18.3 Å². The molecule has 0 aliphatic carbocycles. The van der Waals surface area contributed by atoms with Crippen LogP contribution in [-0.4, -0.2) is 40.6 Å². The predicted octanol–water partition coefficient (Wildman–Crippen LogP) is 1.23. The fourth-order valence-electron chi connectivity index (χ4n) is 2.20. The third kappa shape index (κ3) is 2.64. The van der Waals surface area contributed by atoms with Crippen LogP contribution in [0.25, 0.3) is 0 Å². The molecule has 4 heteroatoms. The predicted molar refractivity (Wildman–Crippen MR) is 64.7 cm³/mol. The maximum atomic E-state index is 12.2. The van der Waals surface area contributed by atoms with E-state index in [4.69, 9.17) is 5.11 Å². The lowest BCUT2D eigenvalue weighted by molar-refractivity contribution is 0.0649. The molecule has 0 bridgehead atoms. The van der Waals surface area contributed by atoms with Crippen LogP contribution in [0.3, 0.4) is 0 Å². The Hall–Kier alpha value is -1.42. The lowest BCUT2D eigenvalue weighted by atomic mass is 9.97. The molecule has 0 unspecified atom stereocenters. The van der Waals surface area contributed by atoms with Crippen molar-refractivity contribution in [3.05, 3.63) is 29.6 Å². The average molecular weight is 234 g/mol. The molecule has 92 valence electrons. The first-order chi connectivity index (χ1) is 8.22. The van der Waals surface area contributed by atoms with Crippen molar-refractivity contribution in [3.63, 3.8) is 0 Å². The van der Waals surface area contributed by atoms with Gasteiger partial charge in [0.1, 0.15) is 0 Å². The minimum absolute atomic E-state index is 0.0620. The number of carbonyl (C=O) groups excluding carboxylic acids is 1. The van der Waals surface area contributed by atoms with Crippen molar-refractivity contribution >= 4 is 5.91 Å². The van der Waals surface area contributed by atoms with Gasteiger partial charge in [-0.2, -0.15) is 0 Å². The number of piperidine rings is 1. The zero-order valence-corrected chi connectivity index (χ0v) is 10.1. The summed E-state index contributed by atoms with van der Waals surface area (Å²) in [5, 5.41) is 9.06. The molecule has 0 radical (unpaired) electrons. The number of carbonyl (C=O) groups is 1. The molecule has 1 fully saturated rings. The van der Waals surface area contributed by atoms with Crippen LogP contribution in [0.5, 0.6) is 0 Å². The third-order valence-electron chi connectivity index (χ3n) is 3.40. The fraction of sp³-hybridized carbons (Fsp3) is 0.538. The zero-order chi connectivity index (χ0) is 12.3. The number of aromatic nitrogens is 1. The van der Waals surface area contributed by atoms with Crippen LogP contribution in [0.4, 0.5) is 0 Å². The number of nitrogens with zero attached hydrogens (tertiary/aromatic N) is 2. The molecule has 1 aliphatic rings. The van der Waals surface area contributed by atoms with Gasteiger partial charge in [-0.1, -0.05) is 0 Å². The summed E-state index contributed by atoms with van der Waals surface area (Å²) in [5.74, 6) is 0.418. The summed E-state index contributed by atoms with van der Waals surface area (Å²) in [7, 11) is 0. The zero-order valence-electron chi connectivity index (χ0n) is 10.1. The second-order valence-corrected chi connectivity index (χ2v) is 4.55. The van der Waals surface area contributed by atoms with Crippen LogP contribution in [0.1, 0.15) is 28.9 Å². The normalized spacial score (nSPS) is 17.2. The Bertz CT molecular complexity index is 398. The number of hydrogen-bond donors (Lipinski definition) is 1. The molecule has 0 aromatic carbocycles. The molecule has 1 aromatic heterocycles. The first-order valence-electron chi connectivity index (χ1n) is 6.04. The third-order valence-corrected chi connectivity index (χ3v) is 3.40. The molecule has 1 saturated heterocycles. The summed E-state index contributed by atoms with van der Waals surface area (Å²) in [6.45, 7) is 3.55. The van der Waals surface area contributed by atoms with E-state index >= 15 is 0 Å². The Morgan fingerprint density at radius 3 is 2.82 bits per heavy atom. The Balaban J connectivity index is 2.04. The van der Waals surface area contributed by atoms with E-state index in [2.05, 4.69) is 4.98 Å². The number of aliphatic hydroxyl groups is 1. The van der Waals surface area contributed by atoms with Gasteiger partial charge in [-0.15, -0.1) is 0 Å². The molecule has 0 atom stereocenters. The average Bonchev–Trinajstić information content (AvgIpc) is 2.39. The van der Waals surface area contributed by atoms with E-state index in [1.165, 1.54) is 0 Å². The summed E-state index contributed by atoms with van der Waals surface area (Å²) in [5.41, 5.74) is 1.47. The fourth-order valence-corrected chi connectivity index (χ4v) is 2.20. The van der Waals surface area contributed by atoms with E-state index in [-0.39, 0.29) is 12.5 Å². The maximum Gasteiger partial charge on any atom is 0.255 e. The number of likely N-dealkylation sites (tertiary alicyclic amines) is 1. The quantitative estimate of drug-likeness (QED) is 0.837. The Kier molecular flexibility index (Phi) is 3.74. The van der Waals surface area contributed by atoms with Gasteiger partial charge in [-0.3, -0.25) is 9.78 Å². The van der Waals surface area contributed by atoms with Crippen LogP contribution >= 0.6 is 0 Å². The van der Waals surface area contributed by atoms with Gasteiger partial charge in [-0.05, 0) is 37.8 Å². The molecule has 4 nitrogen and oxygen atoms in total. The SMILES string of the molecule is Cc1ncccc1C(=O)N1CCC(CO)CC1. The molecule has 17 heavy (non-hydrogen) atoms. The smallest absolute Gasteiger partial charge is 0.255 e. The van der Waals surface area contributed by atoms with E-state index in [1.54, 1.807) is 12.3 Å². The van der Waals surface area contributed by atoms with Gasteiger partial charge in [0.05, 0.1) is 5.56 Å². The summed E-state index contributed by atoms with van der Waals surface area (Å²) in [6.07, 6.45) is 3.48. The van der Waals surface area contributed by atoms with Gasteiger partial charge in [-0.25, -0.2) is 0 Å². The van der Waals surface area contributed by atoms with Gasteiger partial charge in [0, 0.05) is 31.6 Å². The summed E-state index contributed by atoms with van der Waals surface area (Å²) in [4.78, 5) is 18.2. The Morgan fingerprint density at radius 1 is 1.53 bits per heavy atom. The van der Waals surface area contributed by atoms with Crippen molar-refractivity contribution in [1.29, 1.82) is 0 Å². The van der Waals surface area contributed by atoms with Gasteiger partial charge in [0.2, 0.25) is 0 Å². The summed E-state index contributed by atoms with van der Waals surface area (Å²) >= 11 is 0. The van der Waals surface area contributed by atoms with Gasteiger partial charge in [0.15, 0.2) is 0 Å². The molecule has 2 rings (SSSR count). The highest BCUT2D eigenvalue weighted by molar-refractivity contribution is 5.95. The van der Waals surface area contributed by atoms with Crippen molar-refractivity contribution in [1.82, 2.24) is 9.88 Å². The monoisotopic (exact) mass is 234 g/mol. The number of pyridine rings is 1. The number of amides is 1. The van der Waals surface area contributed by atoms with Crippen LogP contribution < -0.4 is 0 Å². The second-order valence-electron chi connectivity index (χ2n) is 4.55. The highest BCUT2D eigenvalue weighted by atomic mass is 16.3. The van der Waals surface area contributed by atoms with Crippen LogP contribution in [-0.2, 0) is 0 Å². The molecular formula is C13H18N2O2. The van der Waals surface area contributed by atoms with E-state index in [0.717, 1.165) is 31.6 Å². The minimum Gasteiger partial charge on any atom is -0.396 e. The van der Waals surface area contributed by atoms with E-state index in [9.17, 15) is 4.79 Å². The van der Waals surface area contributed by atoms with Gasteiger partial charge in [0.25, 0.3) is 5.91 Å². The van der Waals surface area contributed by atoms with Crippen LogP contribution in [0.2, 0.25) is 0 Å². The number of rotatable bonds is 2. The molecule has 0 saturated carbocycles. The van der Waals surface area contributed by atoms with Crippen molar-refractivity contribution in [3.8, 4) is 0 Å². The molecule has 2 heterocycles. The first kappa shape index (κ1) is 12.0. The summed E-state index contributed by atoms with van der Waals surface area (Å²) in [6, 6.07) is 3.61. The topological polar surface area (TPSA) is 53.4 Å². The van der Waals surface area contributed by atoms with E-state index in [0.29, 0.717) is 11.5 Å².